The fraction of sp³-hybridized carbons (Fsp3) is 0.345. The molecule has 0 N–H and O–H groups in total. The predicted molar refractivity (Wildman–Crippen MR) is 151 cm³/mol. The largest absolute Gasteiger partial charge is 0.444 e. The topological polar surface area (TPSA) is 97.6 Å². The number of nitrogens with zero attached hydrogens (tertiary/aromatic N) is 5. The number of ether oxygens (including phenoxy) is 1. The van der Waals surface area contributed by atoms with Gasteiger partial charge in [-0.3, -0.25) is 0 Å². The number of anilines is 1. The standard InChI is InChI=1S/C29H32FN5O4S/c1-19-10-12-21(13-11-19)40(37,38)35-17-23(22-8-6-7-9-24(22)30)25-26(31-18-32-27(25)35)34-15-14-33(16-20(34)2)28(36)39-29(3,4)5/h6-13,17-18,20H,14-16H2,1-5H3. The second-order valence-corrected chi connectivity index (χ2v) is 12.8. The molecule has 4 aromatic rings. The lowest BCUT2D eigenvalue weighted by Gasteiger charge is -2.41. The molecule has 1 fully saturated rings. The first-order chi connectivity index (χ1) is 18.9. The summed E-state index contributed by atoms with van der Waals surface area (Å²) in [5, 5.41) is 0.417. The van der Waals surface area contributed by atoms with E-state index in [2.05, 4.69) is 9.97 Å². The minimum atomic E-state index is -4.06. The number of hydrogen-bond acceptors (Lipinski definition) is 7. The average Bonchev–Trinajstić information content (AvgIpc) is 3.29. The monoisotopic (exact) mass is 565 g/mol. The van der Waals surface area contributed by atoms with Gasteiger partial charge in [0.05, 0.1) is 10.3 Å². The molecule has 210 valence electrons. The Morgan fingerprint density at radius 1 is 1.02 bits per heavy atom. The van der Waals surface area contributed by atoms with Crippen LogP contribution in [0.4, 0.5) is 15.0 Å². The van der Waals surface area contributed by atoms with Gasteiger partial charge in [0.15, 0.2) is 5.65 Å². The van der Waals surface area contributed by atoms with Crippen LogP contribution in [-0.2, 0) is 14.8 Å². The van der Waals surface area contributed by atoms with E-state index in [4.69, 9.17) is 4.74 Å². The van der Waals surface area contributed by atoms with Crippen LogP contribution in [0.15, 0.2) is 66.0 Å². The van der Waals surface area contributed by atoms with Crippen LogP contribution >= 0.6 is 0 Å². The molecule has 11 heteroatoms. The highest BCUT2D eigenvalue weighted by atomic mass is 32.2. The summed E-state index contributed by atoms with van der Waals surface area (Å²) in [4.78, 5) is 25.4. The molecule has 0 spiro atoms. The first-order valence-corrected chi connectivity index (χ1v) is 14.5. The van der Waals surface area contributed by atoms with Crippen molar-refractivity contribution in [3.63, 3.8) is 0 Å². The third-order valence-corrected chi connectivity index (χ3v) is 8.49. The Labute approximate surface area is 233 Å². The Morgan fingerprint density at radius 3 is 2.38 bits per heavy atom. The summed E-state index contributed by atoms with van der Waals surface area (Å²) in [6.07, 6.45) is 2.34. The zero-order valence-electron chi connectivity index (χ0n) is 23.1. The first-order valence-electron chi connectivity index (χ1n) is 13.0. The van der Waals surface area contributed by atoms with Crippen LogP contribution in [0.25, 0.3) is 22.2 Å². The Kier molecular flexibility index (Phi) is 7.03. The molecule has 5 rings (SSSR count). The van der Waals surface area contributed by atoms with Gasteiger partial charge in [-0.25, -0.2) is 31.5 Å². The molecule has 1 amide bonds. The van der Waals surface area contributed by atoms with E-state index in [-0.39, 0.29) is 22.1 Å². The Hall–Kier alpha value is -3.99. The van der Waals surface area contributed by atoms with E-state index in [0.717, 1.165) is 9.54 Å². The number of aryl methyl sites for hydroxylation is 1. The molecule has 1 unspecified atom stereocenters. The van der Waals surface area contributed by atoms with Crippen LogP contribution < -0.4 is 4.90 Å². The van der Waals surface area contributed by atoms with Crippen LogP contribution in [0, 0.1) is 12.7 Å². The SMILES string of the molecule is Cc1ccc(S(=O)(=O)n2cc(-c3ccccc3F)c3c(N4CCN(C(=O)OC(C)(C)C)CC4C)ncnc32)cc1. The van der Waals surface area contributed by atoms with Crippen molar-refractivity contribution in [2.45, 2.75) is 51.2 Å². The van der Waals surface area contributed by atoms with Gasteiger partial charge in [0.25, 0.3) is 10.0 Å². The molecular weight excluding hydrogens is 533 g/mol. The highest BCUT2D eigenvalue weighted by Gasteiger charge is 2.33. The minimum Gasteiger partial charge on any atom is -0.444 e. The number of benzene rings is 2. The fourth-order valence-electron chi connectivity index (χ4n) is 4.89. The lowest BCUT2D eigenvalue weighted by molar-refractivity contribution is 0.0218. The first kappa shape index (κ1) is 27.6. The van der Waals surface area contributed by atoms with Crippen molar-refractivity contribution in [2.75, 3.05) is 24.5 Å². The lowest BCUT2D eigenvalue weighted by Crippen LogP contribution is -2.54. The van der Waals surface area contributed by atoms with Gasteiger partial charge >= 0.3 is 6.09 Å². The number of carbonyl (C=O) groups excluding carboxylic acids is 1. The van der Waals surface area contributed by atoms with E-state index in [1.54, 1.807) is 47.4 Å². The van der Waals surface area contributed by atoms with Crippen LogP contribution in [0.1, 0.15) is 33.3 Å². The summed E-state index contributed by atoms with van der Waals surface area (Å²) in [6, 6.07) is 12.6. The molecule has 40 heavy (non-hydrogen) atoms. The number of fused-ring (bicyclic) bond motifs is 1. The highest BCUT2D eigenvalue weighted by molar-refractivity contribution is 7.90. The highest BCUT2D eigenvalue weighted by Crippen LogP contribution is 2.39. The van der Waals surface area contributed by atoms with Crippen molar-refractivity contribution in [1.29, 1.82) is 0 Å². The molecule has 1 aliphatic rings. The van der Waals surface area contributed by atoms with E-state index >= 15 is 4.39 Å². The average molecular weight is 566 g/mol. The molecule has 1 saturated heterocycles. The van der Waals surface area contributed by atoms with E-state index in [1.165, 1.54) is 18.6 Å². The maximum atomic E-state index is 15.1. The van der Waals surface area contributed by atoms with Crippen molar-refractivity contribution < 1.29 is 22.3 Å². The zero-order valence-corrected chi connectivity index (χ0v) is 23.9. The maximum absolute atomic E-state index is 15.1. The molecule has 9 nitrogen and oxygen atoms in total. The Bertz CT molecular complexity index is 1680. The van der Waals surface area contributed by atoms with E-state index in [9.17, 15) is 13.2 Å². The molecule has 1 atom stereocenters. The molecular formula is C29H32FN5O4S. The number of hydrogen-bond donors (Lipinski definition) is 0. The van der Waals surface area contributed by atoms with Gasteiger partial charge < -0.3 is 14.5 Å². The molecule has 1 aliphatic heterocycles. The molecule has 3 heterocycles. The van der Waals surface area contributed by atoms with Crippen LogP contribution in [0.2, 0.25) is 0 Å². The molecule has 0 aliphatic carbocycles. The van der Waals surface area contributed by atoms with Gasteiger partial charge in [-0.2, -0.15) is 0 Å². The summed E-state index contributed by atoms with van der Waals surface area (Å²) >= 11 is 0. The van der Waals surface area contributed by atoms with E-state index in [1.807, 2.05) is 39.5 Å². The molecule has 0 bridgehead atoms. The van der Waals surface area contributed by atoms with Crippen LogP contribution in [0.3, 0.4) is 0 Å². The van der Waals surface area contributed by atoms with Crippen molar-refractivity contribution in [1.82, 2.24) is 18.8 Å². The van der Waals surface area contributed by atoms with Crippen molar-refractivity contribution in [3.05, 3.63) is 72.4 Å². The normalized spacial score (nSPS) is 16.4. The molecule has 0 radical (unpaired) electrons. The number of rotatable bonds is 4. The Morgan fingerprint density at radius 2 is 1.73 bits per heavy atom. The summed E-state index contributed by atoms with van der Waals surface area (Å²) in [7, 11) is -4.06. The molecule has 2 aromatic carbocycles. The summed E-state index contributed by atoms with van der Waals surface area (Å²) < 4.78 is 49.4. The molecule has 0 saturated carbocycles. The second-order valence-electron chi connectivity index (χ2n) is 11.0. The van der Waals surface area contributed by atoms with E-state index < -0.39 is 27.5 Å². The smallest absolute Gasteiger partial charge is 0.410 e. The number of piperazine rings is 1. The van der Waals surface area contributed by atoms with Gasteiger partial charge in [-0.15, -0.1) is 0 Å². The number of carbonyl (C=O) groups is 1. The predicted octanol–water partition coefficient (Wildman–Crippen LogP) is 5.23. The van der Waals surface area contributed by atoms with Gasteiger partial charge in [0, 0.05) is 43.0 Å². The minimum absolute atomic E-state index is 0.0922. The quantitative estimate of drug-likeness (QED) is 0.334. The third-order valence-electron chi connectivity index (χ3n) is 6.82. The number of aromatic nitrogens is 3. The van der Waals surface area contributed by atoms with Crippen molar-refractivity contribution in [2.24, 2.45) is 0 Å². The fourth-order valence-corrected chi connectivity index (χ4v) is 6.21. The van der Waals surface area contributed by atoms with Gasteiger partial charge in [0.2, 0.25) is 0 Å². The maximum Gasteiger partial charge on any atom is 0.410 e. The van der Waals surface area contributed by atoms with Crippen molar-refractivity contribution >= 4 is 33.0 Å². The summed E-state index contributed by atoms with van der Waals surface area (Å²) in [5.74, 6) is -0.0238. The molecule has 2 aromatic heterocycles. The van der Waals surface area contributed by atoms with Gasteiger partial charge in [0.1, 0.15) is 23.6 Å². The van der Waals surface area contributed by atoms with Crippen LogP contribution in [0.5, 0.6) is 0 Å². The Balaban J connectivity index is 1.63. The second kappa shape index (κ2) is 10.2. The summed E-state index contributed by atoms with van der Waals surface area (Å²) in [6.45, 7) is 10.5. The zero-order chi connectivity index (χ0) is 28.8. The summed E-state index contributed by atoms with van der Waals surface area (Å²) in [5.41, 5.74) is 1.05. The van der Waals surface area contributed by atoms with Gasteiger partial charge in [-0.1, -0.05) is 35.9 Å². The van der Waals surface area contributed by atoms with Crippen LogP contribution in [-0.4, -0.2) is 64.6 Å². The number of halogens is 1. The van der Waals surface area contributed by atoms with Gasteiger partial charge in [-0.05, 0) is 52.8 Å². The lowest BCUT2D eigenvalue weighted by atomic mass is 10.0. The van der Waals surface area contributed by atoms with Crippen molar-refractivity contribution in [3.8, 4) is 11.1 Å². The number of amides is 1. The third kappa shape index (κ3) is 5.13. The van der Waals surface area contributed by atoms with E-state index in [0.29, 0.717) is 36.4 Å².